The topological polar surface area (TPSA) is 61.9 Å². The molecule has 4 aromatic rings. The summed E-state index contributed by atoms with van der Waals surface area (Å²) in [6, 6.07) is 20.3. The SMILES string of the molecule is Cn1cc(C(CC(=O)N(CCC#N)Cc2cccnc2)c2cccc(F)c2)c2ccccc21. The average Bonchev–Trinajstić information content (AvgIpc) is 3.17. The molecule has 0 bridgehead atoms. The second-order valence-electron chi connectivity index (χ2n) is 8.11. The average molecular weight is 441 g/mol. The first-order valence-electron chi connectivity index (χ1n) is 10.9. The maximum Gasteiger partial charge on any atom is 0.223 e. The number of pyridine rings is 1. The lowest BCUT2D eigenvalue weighted by molar-refractivity contribution is -0.132. The molecule has 166 valence electrons. The Kier molecular flexibility index (Phi) is 6.80. The van der Waals surface area contributed by atoms with Gasteiger partial charge in [-0.2, -0.15) is 5.26 Å². The Labute approximate surface area is 192 Å². The normalized spacial score (nSPS) is 11.8. The highest BCUT2D eigenvalue weighted by Crippen LogP contribution is 2.35. The number of para-hydroxylation sites is 1. The van der Waals surface area contributed by atoms with E-state index in [4.69, 9.17) is 5.26 Å². The van der Waals surface area contributed by atoms with Gasteiger partial charge in [-0.15, -0.1) is 0 Å². The van der Waals surface area contributed by atoms with Gasteiger partial charge in [-0.25, -0.2) is 4.39 Å². The summed E-state index contributed by atoms with van der Waals surface area (Å²) in [5.41, 5.74) is 3.68. The second-order valence-corrected chi connectivity index (χ2v) is 8.11. The van der Waals surface area contributed by atoms with Crippen LogP contribution in [0.2, 0.25) is 0 Å². The van der Waals surface area contributed by atoms with Crippen molar-refractivity contribution < 1.29 is 9.18 Å². The van der Waals surface area contributed by atoms with Gasteiger partial charge in [0.05, 0.1) is 12.5 Å². The van der Waals surface area contributed by atoms with Gasteiger partial charge in [-0.3, -0.25) is 9.78 Å². The van der Waals surface area contributed by atoms with Crippen molar-refractivity contribution in [3.63, 3.8) is 0 Å². The number of carbonyl (C=O) groups is 1. The number of aryl methyl sites for hydroxylation is 1. The van der Waals surface area contributed by atoms with E-state index >= 15 is 0 Å². The van der Waals surface area contributed by atoms with Crippen LogP contribution in [-0.2, 0) is 18.4 Å². The Bertz CT molecular complexity index is 1290. The number of carbonyl (C=O) groups excluding carboxylic acids is 1. The Morgan fingerprint density at radius 1 is 1.18 bits per heavy atom. The van der Waals surface area contributed by atoms with Crippen LogP contribution in [0.25, 0.3) is 10.9 Å². The molecular weight excluding hydrogens is 415 g/mol. The number of nitrogens with zero attached hydrogens (tertiary/aromatic N) is 4. The van der Waals surface area contributed by atoms with Crippen LogP contribution in [0.1, 0.15) is 35.4 Å². The lowest BCUT2D eigenvalue weighted by Gasteiger charge is -2.25. The van der Waals surface area contributed by atoms with E-state index in [1.54, 1.807) is 23.4 Å². The Hall–Kier alpha value is -3.98. The second kappa shape index (κ2) is 10.1. The molecule has 0 aliphatic heterocycles. The fraction of sp³-hybridized carbons (Fsp3) is 0.222. The maximum atomic E-state index is 14.2. The van der Waals surface area contributed by atoms with Gasteiger partial charge in [-0.05, 0) is 41.0 Å². The van der Waals surface area contributed by atoms with Crippen molar-refractivity contribution in [3.05, 3.63) is 102 Å². The van der Waals surface area contributed by atoms with Crippen LogP contribution in [0.4, 0.5) is 4.39 Å². The summed E-state index contributed by atoms with van der Waals surface area (Å²) < 4.78 is 16.2. The highest BCUT2D eigenvalue weighted by Gasteiger charge is 2.25. The molecule has 4 rings (SSSR count). The van der Waals surface area contributed by atoms with E-state index in [1.807, 2.05) is 60.3 Å². The quantitative estimate of drug-likeness (QED) is 0.379. The molecule has 6 heteroatoms. The van der Waals surface area contributed by atoms with E-state index in [-0.39, 0.29) is 30.5 Å². The van der Waals surface area contributed by atoms with Crippen LogP contribution >= 0.6 is 0 Å². The van der Waals surface area contributed by atoms with Crippen LogP contribution in [0.3, 0.4) is 0 Å². The van der Waals surface area contributed by atoms with Crippen molar-refractivity contribution in [1.82, 2.24) is 14.5 Å². The molecule has 33 heavy (non-hydrogen) atoms. The number of halogens is 1. The fourth-order valence-corrected chi connectivity index (χ4v) is 4.27. The number of aromatic nitrogens is 2. The molecule has 1 amide bonds. The third kappa shape index (κ3) is 5.09. The van der Waals surface area contributed by atoms with E-state index < -0.39 is 0 Å². The van der Waals surface area contributed by atoms with E-state index in [2.05, 4.69) is 11.1 Å². The molecule has 2 aromatic heterocycles. The Morgan fingerprint density at radius 2 is 2.03 bits per heavy atom. The van der Waals surface area contributed by atoms with Crippen molar-refractivity contribution >= 4 is 16.8 Å². The first kappa shape index (κ1) is 22.2. The summed E-state index contributed by atoms with van der Waals surface area (Å²) in [6.45, 7) is 0.704. The third-order valence-corrected chi connectivity index (χ3v) is 5.88. The molecule has 0 spiro atoms. The molecule has 0 saturated heterocycles. The zero-order valence-corrected chi connectivity index (χ0v) is 18.5. The van der Waals surface area contributed by atoms with Gasteiger partial charge in [0.15, 0.2) is 0 Å². The van der Waals surface area contributed by atoms with Gasteiger partial charge in [-0.1, -0.05) is 36.4 Å². The minimum Gasteiger partial charge on any atom is -0.350 e. The molecule has 0 aliphatic carbocycles. The molecule has 1 atom stereocenters. The Balaban J connectivity index is 1.71. The monoisotopic (exact) mass is 440 g/mol. The molecule has 0 N–H and O–H groups in total. The molecule has 0 radical (unpaired) electrons. The van der Waals surface area contributed by atoms with E-state index in [9.17, 15) is 9.18 Å². The van der Waals surface area contributed by atoms with Gasteiger partial charge in [0, 0.05) is 62.0 Å². The molecule has 0 aliphatic rings. The van der Waals surface area contributed by atoms with Crippen LogP contribution < -0.4 is 0 Å². The molecular formula is C27H25FN4O. The molecule has 5 nitrogen and oxygen atoms in total. The molecule has 0 fully saturated rings. The predicted octanol–water partition coefficient (Wildman–Crippen LogP) is 5.18. The molecule has 1 unspecified atom stereocenters. The minimum atomic E-state index is -0.332. The smallest absolute Gasteiger partial charge is 0.223 e. The number of hydrogen-bond acceptors (Lipinski definition) is 3. The summed E-state index contributed by atoms with van der Waals surface area (Å²) >= 11 is 0. The van der Waals surface area contributed by atoms with Crippen molar-refractivity contribution in [2.45, 2.75) is 25.3 Å². The van der Waals surface area contributed by atoms with E-state index in [0.29, 0.717) is 13.1 Å². The Morgan fingerprint density at radius 3 is 2.79 bits per heavy atom. The van der Waals surface area contributed by atoms with E-state index in [0.717, 1.165) is 27.6 Å². The minimum absolute atomic E-state index is 0.0868. The molecule has 0 saturated carbocycles. The summed E-state index contributed by atoms with van der Waals surface area (Å²) in [4.78, 5) is 19.4. The third-order valence-electron chi connectivity index (χ3n) is 5.88. The highest BCUT2D eigenvalue weighted by molar-refractivity contribution is 5.86. The lowest BCUT2D eigenvalue weighted by atomic mass is 9.87. The standard InChI is InChI=1S/C27H25FN4O/c1-31-19-25(23-10-2-3-11-26(23)31)24(21-8-4-9-22(28)15-21)16-27(33)32(14-6-12-29)18-20-7-5-13-30-17-20/h2-5,7-11,13,15,17,19,24H,6,14,16,18H2,1H3. The van der Waals surface area contributed by atoms with Gasteiger partial charge < -0.3 is 9.47 Å². The molecule has 2 aromatic carbocycles. The van der Waals surface area contributed by atoms with Crippen molar-refractivity contribution in [1.29, 1.82) is 5.26 Å². The van der Waals surface area contributed by atoms with Gasteiger partial charge >= 0.3 is 0 Å². The highest BCUT2D eigenvalue weighted by atomic mass is 19.1. The van der Waals surface area contributed by atoms with Crippen LogP contribution in [0.15, 0.2) is 79.3 Å². The zero-order chi connectivity index (χ0) is 23.2. The maximum absolute atomic E-state index is 14.2. The summed E-state index contributed by atoms with van der Waals surface area (Å²) in [5.74, 6) is -0.740. The predicted molar refractivity (Wildman–Crippen MR) is 126 cm³/mol. The number of nitriles is 1. The zero-order valence-electron chi connectivity index (χ0n) is 18.5. The largest absolute Gasteiger partial charge is 0.350 e. The van der Waals surface area contributed by atoms with Crippen molar-refractivity contribution in [2.24, 2.45) is 7.05 Å². The molecule has 2 heterocycles. The fourth-order valence-electron chi connectivity index (χ4n) is 4.27. The van der Waals surface area contributed by atoms with Crippen LogP contribution in [0, 0.1) is 17.1 Å². The first-order valence-corrected chi connectivity index (χ1v) is 10.9. The van der Waals surface area contributed by atoms with Crippen molar-refractivity contribution in [3.8, 4) is 6.07 Å². The summed E-state index contributed by atoms with van der Waals surface area (Å²) in [6.07, 6.45) is 5.84. The van der Waals surface area contributed by atoms with Crippen LogP contribution in [-0.4, -0.2) is 26.9 Å². The van der Waals surface area contributed by atoms with Gasteiger partial charge in [0.25, 0.3) is 0 Å². The summed E-state index contributed by atoms with van der Waals surface area (Å²) in [5, 5.41) is 10.1. The number of rotatable bonds is 8. The number of amides is 1. The van der Waals surface area contributed by atoms with Crippen LogP contribution in [0.5, 0.6) is 0 Å². The van der Waals surface area contributed by atoms with Crippen molar-refractivity contribution in [2.75, 3.05) is 6.54 Å². The lowest BCUT2D eigenvalue weighted by Crippen LogP contribution is -2.32. The first-order chi connectivity index (χ1) is 16.1. The summed E-state index contributed by atoms with van der Waals surface area (Å²) in [7, 11) is 1.97. The van der Waals surface area contributed by atoms with Gasteiger partial charge in [0.1, 0.15) is 5.82 Å². The van der Waals surface area contributed by atoms with E-state index in [1.165, 1.54) is 12.1 Å². The number of benzene rings is 2. The number of fused-ring (bicyclic) bond motifs is 1. The van der Waals surface area contributed by atoms with Gasteiger partial charge in [0.2, 0.25) is 5.91 Å². The number of hydrogen-bond donors (Lipinski definition) is 0.